The molecule has 1 aliphatic rings. The van der Waals surface area contributed by atoms with Crippen LogP contribution in [0, 0.1) is 0 Å². The fourth-order valence-electron chi connectivity index (χ4n) is 2.51. The Morgan fingerprint density at radius 2 is 2.13 bits per heavy atom. The molecule has 0 atom stereocenters. The van der Waals surface area contributed by atoms with Gasteiger partial charge in [0.15, 0.2) is 0 Å². The number of hydrogen-bond acceptors (Lipinski definition) is 5. The minimum atomic E-state index is -0.269. The molecule has 0 bridgehead atoms. The second-order valence-electron chi connectivity index (χ2n) is 5.45. The molecule has 1 aromatic heterocycles. The van der Waals surface area contributed by atoms with Gasteiger partial charge in [0, 0.05) is 31.9 Å². The molecule has 1 saturated heterocycles. The molecule has 0 radical (unpaired) electrons. The van der Waals surface area contributed by atoms with Crippen LogP contribution in [0.1, 0.15) is 25.5 Å². The van der Waals surface area contributed by atoms with Gasteiger partial charge in [-0.05, 0) is 31.9 Å². The van der Waals surface area contributed by atoms with Gasteiger partial charge in [-0.1, -0.05) is 6.07 Å². The molecule has 23 heavy (non-hydrogen) atoms. The lowest BCUT2D eigenvalue weighted by molar-refractivity contribution is -0.121. The van der Waals surface area contributed by atoms with Crippen LogP contribution in [0.3, 0.4) is 0 Å². The number of amides is 2. The standard InChI is InChI=1S/C16H24N4O3/c1-2-23-16(22)20-9-6-13(7-10-20)19-15(21)12-17-11-14-5-3-4-8-18-14/h3-5,8,13,17H,2,6-7,9-12H2,1H3,(H,19,21). The Hall–Kier alpha value is -2.15. The third-order valence-electron chi connectivity index (χ3n) is 3.70. The van der Waals surface area contributed by atoms with E-state index in [4.69, 9.17) is 4.74 Å². The molecule has 2 rings (SSSR count). The maximum Gasteiger partial charge on any atom is 0.409 e. The second kappa shape index (κ2) is 9.09. The molecule has 0 saturated carbocycles. The topological polar surface area (TPSA) is 83.6 Å². The highest BCUT2D eigenvalue weighted by Gasteiger charge is 2.24. The van der Waals surface area contributed by atoms with Crippen LogP contribution in [0.2, 0.25) is 0 Å². The molecule has 0 aromatic carbocycles. The Bertz CT molecular complexity index is 501. The molecule has 7 heteroatoms. The first-order valence-electron chi connectivity index (χ1n) is 8.00. The summed E-state index contributed by atoms with van der Waals surface area (Å²) in [5.74, 6) is -0.0319. The Kier molecular flexibility index (Phi) is 6.80. The molecule has 1 aliphatic heterocycles. The Morgan fingerprint density at radius 1 is 1.35 bits per heavy atom. The van der Waals surface area contributed by atoms with Crippen LogP contribution in [0.25, 0.3) is 0 Å². The van der Waals surface area contributed by atoms with Crippen LogP contribution >= 0.6 is 0 Å². The number of nitrogens with zero attached hydrogens (tertiary/aromatic N) is 2. The number of hydrogen-bond donors (Lipinski definition) is 2. The highest BCUT2D eigenvalue weighted by molar-refractivity contribution is 5.78. The van der Waals surface area contributed by atoms with Gasteiger partial charge in [0.05, 0.1) is 18.8 Å². The minimum Gasteiger partial charge on any atom is -0.450 e. The lowest BCUT2D eigenvalue weighted by Crippen LogP contribution is -2.48. The summed E-state index contributed by atoms with van der Waals surface area (Å²) in [7, 11) is 0. The Balaban J connectivity index is 1.62. The monoisotopic (exact) mass is 320 g/mol. The van der Waals surface area contributed by atoms with Crippen molar-refractivity contribution in [2.45, 2.75) is 32.4 Å². The first-order chi connectivity index (χ1) is 11.2. The highest BCUT2D eigenvalue weighted by atomic mass is 16.6. The largest absolute Gasteiger partial charge is 0.450 e. The summed E-state index contributed by atoms with van der Waals surface area (Å²) in [6, 6.07) is 5.81. The van der Waals surface area contributed by atoms with Gasteiger partial charge in [0.2, 0.25) is 5.91 Å². The Morgan fingerprint density at radius 3 is 2.78 bits per heavy atom. The molecule has 0 spiro atoms. The van der Waals surface area contributed by atoms with Crippen molar-refractivity contribution in [3.8, 4) is 0 Å². The van der Waals surface area contributed by atoms with Crippen LogP contribution in [-0.2, 0) is 16.1 Å². The molecule has 1 aromatic rings. The number of aromatic nitrogens is 1. The van der Waals surface area contributed by atoms with E-state index in [1.54, 1.807) is 18.0 Å². The molecule has 0 aliphatic carbocycles. The van der Waals surface area contributed by atoms with Gasteiger partial charge < -0.3 is 20.3 Å². The fourth-order valence-corrected chi connectivity index (χ4v) is 2.51. The number of carbonyl (C=O) groups excluding carboxylic acids is 2. The molecule has 2 amide bonds. The number of carbonyl (C=O) groups is 2. The zero-order chi connectivity index (χ0) is 16.5. The van der Waals surface area contributed by atoms with Crippen molar-refractivity contribution in [2.75, 3.05) is 26.2 Å². The molecule has 2 heterocycles. The highest BCUT2D eigenvalue weighted by Crippen LogP contribution is 2.11. The molecule has 0 unspecified atom stereocenters. The average molecular weight is 320 g/mol. The molecule has 126 valence electrons. The summed E-state index contributed by atoms with van der Waals surface area (Å²) in [6.45, 7) is 4.24. The smallest absolute Gasteiger partial charge is 0.409 e. The summed E-state index contributed by atoms with van der Waals surface area (Å²) < 4.78 is 4.98. The van der Waals surface area contributed by atoms with Gasteiger partial charge >= 0.3 is 6.09 Å². The van der Waals surface area contributed by atoms with Crippen LogP contribution < -0.4 is 10.6 Å². The van der Waals surface area contributed by atoms with Crippen LogP contribution in [0.15, 0.2) is 24.4 Å². The van der Waals surface area contributed by atoms with Gasteiger partial charge in [-0.15, -0.1) is 0 Å². The summed E-state index contributed by atoms with van der Waals surface area (Å²) in [6.07, 6.45) is 2.97. The third-order valence-corrected chi connectivity index (χ3v) is 3.70. The van der Waals surface area contributed by atoms with E-state index in [1.165, 1.54) is 0 Å². The summed E-state index contributed by atoms with van der Waals surface area (Å²) >= 11 is 0. The first-order valence-corrected chi connectivity index (χ1v) is 8.00. The lowest BCUT2D eigenvalue weighted by atomic mass is 10.1. The molecule has 1 fully saturated rings. The van der Waals surface area contributed by atoms with E-state index in [9.17, 15) is 9.59 Å². The predicted molar refractivity (Wildman–Crippen MR) is 85.7 cm³/mol. The lowest BCUT2D eigenvalue weighted by Gasteiger charge is -2.31. The number of likely N-dealkylation sites (tertiary alicyclic amines) is 1. The van der Waals surface area contributed by atoms with Crippen LogP contribution in [0.5, 0.6) is 0 Å². The van der Waals surface area contributed by atoms with Crippen molar-refractivity contribution >= 4 is 12.0 Å². The molecular weight excluding hydrogens is 296 g/mol. The Labute approximate surface area is 136 Å². The number of rotatable bonds is 6. The van der Waals surface area contributed by atoms with E-state index in [0.29, 0.717) is 26.2 Å². The van der Waals surface area contributed by atoms with E-state index < -0.39 is 0 Å². The van der Waals surface area contributed by atoms with Crippen LogP contribution in [0.4, 0.5) is 4.79 Å². The number of piperidine rings is 1. The number of nitrogens with one attached hydrogen (secondary N) is 2. The maximum atomic E-state index is 11.9. The first kappa shape index (κ1) is 17.2. The summed E-state index contributed by atoms with van der Waals surface area (Å²) in [5.41, 5.74) is 0.906. The third kappa shape index (κ3) is 5.86. The van der Waals surface area contributed by atoms with Crippen molar-refractivity contribution in [1.29, 1.82) is 0 Å². The van der Waals surface area contributed by atoms with E-state index in [1.807, 2.05) is 18.2 Å². The van der Waals surface area contributed by atoms with Gasteiger partial charge in [0.1, 0.15) is 0 Å². The van der Waals surface area contributed by atoms with Crippen molar-refractivity contribution in [2.24, 2.45) is 0 Å². The SMILES string of the molecule is CCOC(=O)N1CCC(NC(=O)CNCc2ccccn2)CC1. The molecule has 2 N–H and O–H groups in total. The number of pyridine rings is 1. The summed E-state index contributed by atoms with van der Waals surface area (Å²) in [5, 5.41) is 6.07. The second-order valence-corrected chi connectivity index (χ2v) is 5.45. The predicted octanol–water partition coefficient (Wildman–Crippen LogP) is 0.908. The zero-order valence-corrected chi connectivity index (χ0v) is 13.5. The van der Waals surface area contributed by atoms with Gasteiger partial charge in [-0.2, -0.15) is 0 Å². The maximum absolute atomic E-state index is 11.9. The van der Waals surface area contributed by atoms with Crippen molar-refractivity contribution in [3.63, 3.8) is 0 Å². The van der Waals surface area contributed by atoms with Gasteiger partial charge in [-0.3, -0.25) is 9.78 Å². The van der Waals surface area contributed by atoms with Gasteiger partial charge in [0.25, 0.3) is 0 Å². The summed E-state index contributed by atoms with van der Waals surface area (Å²) in [4.78, 5) is 29.4. The fraction of sp³-hybridized carbons (Fsp3) is 0.562. The average Bonchev–Trinajstić information content (AvgIpc) is 2.57. The van der Waals surface area contributed by atoms with E-state index >= 15 is 0 Å². The van der Waals surface area contributed by atoms with Crippen LogP contribution in [-0.4, -0.2) is 54.2 Å². The minimum absolute atomic E-state index is 0.0319. The molecule has 7 nitrogen and oxygen atoms in total. The van der Waals surface area contributed by atoms with E-state index in [-0.39, 0.29) is 24.6 Å². The van der Waals surface area contributed by atoms with E-state index in [2.05, 4.69) is 15.6 Å². The van der Waals surface area contributed by atoms with Crippen molar-refractivity contribution < 1.29 is 14.3 Å². The molecular formula is C16H24N4O3. The van der Waals surface area contributed by atoms with Gasteiger partial charge in [-0.25, -0.2) is 4.79 Å². The quantitative estimate of drug-likeness (QED) is 0.814. The normalized spacial score (nSPS) is 15.3. The number of ether oxygens (including phenoxy) is 1. The van der Waals surface area contributed by atoms with Crippen molar-refractivity contribution in [1.82, 2.24) is 20.5 Å². The van der Waals surface area contributed by atoms with Crippen molar-refractivity contribution in [3.05, 3.63) is 30.1 Å². The van der Waals surface area contributed by atoms with E-state index in [0.717, 1.165) is 18.5 Å². The zero-order valence-electron chi connectivity index (χ0n) is 13.5.